The summed E-state index contributed by atoms with van der Waals surface area (Å²) in [5.41, 5.74) is -0.374. The molecule has 0 unspecified atom stereocenters. The van der Waals surface area contributed by atoms with Gasteiger partial charge in [0.2, 0.25) is 0 Å². The molecule has 0 aromatic rings. The van der Waals surface area contributed by atoms with E-state index in [0.29, 0.717) is 6.04 Å². The van der Waals surface area contributed by atoms with E-state index in [1.54, 1.807) is 0 Å². The SMILES string of the molecule is CC(C)NCC1CCN(CC2(O)CCCCC2)CC1. The molecule has 0 aromatic carbocycles. The monoisotopic (exact) mass is 268 g/mol. The number of β-amino-alcohol motifs (C(OH)–C–C–N with tert-alkyl or cyclic N) is 1. The molecule has 0 amide bonds. The summed E-state index contributed by atoms with van der Waals surface area (Å²) in [6, 6.07) is 0.598. The number of hydrogen-bond donors (Lipinski definition) is 2. The highest BCUT2D eigenvalue weighted by Crippen LogP contribution is 2.30. The molecule has 2 N–H and O–H groups in total. The summed E-state index contributed by atoms with van der Waals surface area (Å²) < 4.78 is 0. The molecule has 1 heterocycles. The van der Waals surface area contributed by atoms with Gasteiger partial charge in [-0.1, -0.05) is 33.1 Å². The van der Waals surface area contributed by atoms with Gasteiger partial charge >= 0.3 is 0 Å². The van der Waals surface area contributed by atoms with Crippen molar-refractivity contribution in [2.24, 2.45) is 5.92 Å². The van der Waals surface area contributed by atoms with E-state index in [2.05, 4.69) is 24.1 Å². The number of rotatable bonds is 5. The number of nitrogens with one attached hydrogen (secondary N) is 1. The smallest absolute Gasteiger partial charge is 0.0774 e. The van der Waals surface area contributed by atoms with Crippen LogP contribution >= 0.6 is 0 Å². The first-order chi connectivity index (χ1) is 9.07. The van der Waals surface area contributed by atoms with E-state index in [4.69, 9.17) is 0 Å². The van der Waals surface area contributed by atoms with Gasteiger partial charge in [0.1, 0.15) is 0 Å². The van der Waals surface area contributed by atoms with Crippen molar-refractivity contribution in [1.82, 2.24) is 10.2 Å². The van der Waals surface area contributed by atoms with Crippen LogP contribution in [0.3, 0.4) is 0 Å². The second-order valence-corrected chi connectivity index (χ2v) is 7.07. The third-order valence-electron chi connectivity index (χ3n) is 4.82. The van der Waals surface area contributed by atoms with E-state index in [0.717, 1.165) is 31.8 Å². The zero-order chi connectivity index (χ0) is 13.7. The van der Waals surface area contributed by atoms with Crippen molar-refractivity contribution in [2.45, 2.75) is 70.4 Å². The molecule has 2 fully saturated rings. The lowest BCUT2D eigenvalue weighted by molar-refractivity contribution is -0.0326. The normalized spacial score (nSPS) is 25.9. The Labute approximate surface area is 118 Å². The van der Waals surface area contributed by atoms with Crippen LogP contribution < -0.4 is 5.32 Å². The molecule has 112 valence electrons. The molecule has 1 aliphatic carbocycles. The molecular weight excluding hydrogens is 236 g/mol. The molecule has 1 aliphatic heterocycles. The average molecular weight is 268 g/mol. The Balaban J connectivity index is 1.68. The van der Waals surface area contributed by atoms with Gasteiger partial charge < -0.3 is 15.3 Å². The van der Waals surface area contributed by atoms with Gasteiger partial charge in [0.15, 0.2) is 0 Å². The number of aliphatic hydroxyl groups is 1. The second-order valence-electron chi connectivity index (χ2n) is 7.07. The summed E-state index contributed by atoms with van der Waals surface area (Å²) >= 11 is 0. The van der Waals surface area contributed by atoms with Crippen LogP contribution in [0.4, 0.5) is 0 Å². The lowest BCUT2D eigenvalue weighted by atomic mass is 9.84. The van der Waals surface area contributed by atoms with Gasteiger partial charge in [-0.2, -0.15) is 0 Å². The first-order valence-electron chi connectivity index (χ1n) is 8.25. The maximum Gasteiger partial charge on any atom is 0.0774 e. The van der Waals surface area contributed by atoms with Crippen LogP contribution in [0.25, 0.3) is 0 Å². The first kappa shape index (κ1) is 15.3. The van der Waals surface area contributed by atoms with Gasteiger partial charge in [-0.25, -0.2) is 0 Å². The standard InChI is InChI=1S/C16H32N2O/c1-14(2)17-12-15-6-10-18(11-7-15)13-16(19)8-4-3-5-9-16/h14-15,17,19H,3-13H2,1-2H3. The van der Waals surface area contributed by atoms with Crippen LogP contribution in [-0.4, -0.2) is 47.8 Å². The number of nitrogens with zero attached hydrogens (tertiary/aromatic N) is 1. The fourth-order valence-electron chi connectivity index (χ4n) is 3.54. The maximum atomic E-state index is 10.6. The molecule has 19 heavy (non-hydrogen) atoms. The maximum absolute atomic E-state index is 10.6. The summed E-state index contributed by atoms with van der Waals surface area (Å²) in [6.07, 6.45) is 8.34. The minimum absolute atomic E-state index is 0.374. The van der Waals surface area contributed by atoms with Crippen LogP contribution in [0, 0.1) is 5.92 Å². The molecular formula is C16H32N2O. The lowest BCUT2D eigenvalue weighted by Crippen LogP contribution is -2.48. The molecule has 1 saturated heterocycles. The highest BCUT2D eigenvalue weighted by Gasteiger charge is 2.32. The largest absolute Gasteiger partial charge is 0.389 e. The Kier molecular flexibility index (Phi) is 5.67. The fraction of sp³-hybridized carbons (Fsp3) is 1.00. The summed E-state index contributed by atoms with van der Waals surface area (Å²) in [5.74, 6) is 0.833. The van der Waals surface area contributed by atoms with E-state index in [1.807, 2.05) is 0 Å². The molecule has 0 aromatic heterocycles. The fourth-order valence-corrected chi connectivity index (χ4v) is 3.54. The first-order valence-corrected chi connectivity index (χ1v) is 8.25. The predicted molar refractivity (Wildman–Crippen MR) is 80.3 cm³/mol. The van der Waals surface area contributed by atoms with Crippen LogP contribution in [0.2, 0.25) is 0 Å². The number of likely N-dealkylation sites (tertiary alicyclic amines) is 1. The Morgan fingerprint density at radius 2 is 1.79 bits per heavy atom. The minimum Gasteiger partial charge on any atom is -0.389 e. The molecule has 0 spiro atoms. The number of hydrogen-bond acceptors (Lipinski definition) is 3. The Morgan fingerprint density at radius 3 is 2.37 bits per heavy atom. The molecule has 2 aliphatic rings. The molecule has 0 radical (unpaired) electrons. The molecule has 0 atom stereocenters. The van der Waals surface area contributed by atoms with Gasteiger partial charge in [-0.3, -0.25) is 0 Å². The van der Waals surface area contributed by atoms with E-state index in [1.165, 1.54) is 45.2 Å². The van der Waals surface area contributed by atoms with Crippen molar-refractivity contribution in [3.63, 3.8) is 0 Å². The van der Waals surface area contributed by atoms with Gasteiger partial charge in [-0.15, -0.1) is 0 Å². The van der Waals surface area contributed by atoms with E-state index in [9.17, 15) is 5.11 Å². The van der Waals surface area contributed by atoms with Crippen LogP contribution in [0.15, 0.2) is 0 Å². The second kappa shape index (κ2) is 7.05. The Morgan fingerprint density at radius 1 is 1.16 bits per heavy atom. The van der Waals surface area contributed by atoms with Crippen LogP contribution in [-0.2, 0) is 0 Å². The predicted octanol–water partition coefficient (Wildman–Crippen LogP) is 2.39. The van der Waals surface area contributed by atoms with E-state index >= 15 is 0 Å². The average Bonchev–Trinajstić information content (AvgIpc) is 2.38. The van der Waals surface area contributed by atoms with E-state index < -0.39 is 0 Å². The summed E-state index contributed by atoms with van der Waals surface area (Å²) in [4.78, 5) is 2.50. The third-order valence-corrected chi connectivity index (χ3v) is 4.82. The van der Waals surface area contributed by atoms with Crippen molar-refractivity contribution in [2.75, 3.05) is 26.2 Å². The molecule has 3 heteroatoms. The Hall–Kier alpha value is -0.120. The van der Waals surface area contributed by atoms with Gasteiger partial charge in [0.25, 0.3) is 0 Å². The summed E-state index contributed by atoms with van der Waals surface area (Å²) in [6.45, 7) is 8.86. The molecule has 1 saturated carbocycles. The zero-order valence-corrected chi connectivity index (χ0v) is 12.8. The highest BCUT2D eigenvalue weighted by atomic mass is 16.3. The van der Waals surface area contributed by atoms with Gasteiger partial charge in [0.05, 0.1) is 5.60 Å². The van der Waals surface area contributed by atoms with Crippen LogP contribution in [0.5, 0.6) is 0 Å². The molecule has 0 bridgehead atoms. The summed E-state index contributed by atoms with van der Waals surface area (Å²) in [7, 11) is 0. The summed E-state index contributed by atoms with van der Waals surface area (Å²) in [5, 5.41) is 14.2. The highest BCUT2D eigenvalue weighted by molar-refractivity contribution is 4.87. The van der Waals surface area contributed by atoms with E-state index in [-0.39, 0.29) is 5.60 Å². The zero-order valence-electron chi connectivity index (χ0n) is 12.8. The van der Waals surface area contributed by atoms with Crippen LogP contribution in [0.1, 0.15) is 58.8 Å². The van der Waals surface area contributed by atoms with Crippen molar-refractivity contribution in [3.8, 4) is 0 Å². The molecule has 3 nitrogen and oxygen atoms in total. The molecule has 2 rings (SSSR count). The lowest BCUT2D eigenvalue weighted by Gasteiger charge is -2.40. The van der Waals surface area contributed by atoms with Gasteiger partial charge in [0, 0.05) is 12.6 Å². The topological polar surface area (TPSA) is 35.5 Å². The van der Waals surface area contributed by atoms with Crippen molar-refractivity contribution in [3.05, 3.63) is 0 Å². The third kappa shape index (κ3) is 5.05. The van der Waals surface area contributed by atoms with Gasteiger partial charge in [-0.05, 0) is 51.2 Å². The quantitative estimate of drug-likeness (QED) is 0.803. The van der Waals surface area contributed by atoms with Crippen molar-refractivity contribution >= 4 is 0 Å². The Bertz CT molecular complexity index is 253. The minimum atomic E-state index is -0.374. The van der Waals surface area contributed by atoms with Crippen molar-refractivity contribution < 1.29 is 5.11 Å². The van der Waals surface area contributed by atoms with Crippen molar-refractivity contribution in [1.29, 1.82) is 0 Å². The number of piperidine rings is 1.